The molecule has 0 bridgehead atoms. The molecule has 130 valence electrons. The molecular formula is C19H27ClN4. The van der Waals surface area contributed by atoms with Crippen LogP contribution in [0.3, 0.4) is 0 Å². The van der Waals surface area contributed by atoms with E-state index >= 15 is 0 Å². The Morgan fingerprint density at radius 1 is 1.21 bits per heavy atom. The van der Waals surface area contributed by atoms with Gasteiger partial charge in [-0.1, -0.05) is 31.4 Å². The van der Waals surface area contributed by atoms with E-state index in [2.05, 4.69) is 42.0 Å². The minimum Gasteiger partial charge on any atom is -0.355 e. The van der Waals surface area contributed by atoms with Crippen LogP contribution in [0.2, 0.25) is 5.15 Å². The Labute approximate surface area is 149 Å². The van der Waals surface area contributed by atoms with Crippen LogP contribution in [-0.4, -0.2) is 34.6 Å². The van der Waals surface area contributed by atoms with Crippen molar-refractivity contribution in [2.45, 2.75) is 58.0 Å². The fraction of sp³-hybridized carbons (Fsp3) is 0.579. The Morgan fingerprint density at radius 2 is 1.96 bits per heavy atom. The normalized spacial score (nSPS) is 18.5. The summed E-state index contributed by atoms with van der Waals surface area (Å²) in [5, 5.41) is 4.35. The van der Waals surface area contributed by atoms with E-state index in [0.717, 1.165) is 36.4 Å². The van der Waals surface area contributed by atoms with Crippen LogP contribution in [-0.2, 0) is 0 Å². The van der Waals surface area contributed by atoms with Crippen LogP contribution in [0.1, 0.15) is 46.5 Å². The average molecular weight is 347 g/mol. The smallest absolute Gasteiger partial charge is 0.129 e. The minimum atomic E-state index is 0.203. The maximum atomic E-state index is 5.94. The number of nitrogens with one attached hydrogen (secondary N) is 1. The van der Waals surface area contributed by atoms with Gasteiger partial charge >= 0.3 is 0 Å². The van der Waals surface area contributed by atoms with E-state index in [-0.39, 0.29) is 5.54 Å². The maximum Gasteiger partial charge on any atom is 0.129 e. The number of hydrogen-bond donors (Lipinski definition) is 1. The van der Waals surface area contributed by atoms with Crippen molar-refractivity contribution in [2.75, 3.05) is 18.0 Å². The van der Waals surface area contributed by atoms with E-state index in [1.165, 1.54) is 19.3 Å². The molecule has 1 aliphatic heterocycles. The number of rotatable bonds is 6. The molecule has 0 saturated carbocycles. The summed E-state index contributed by atoms with van der Waals surface area (Å²) >= 11 is 5.94. The molecule has 0 amide bonds. The molecule has 1 fully saturated rings. The average Bonchev–Trinajstić information content (AvgIpc) is 3.00. The topological polar surface area (TPSA) is 41.0 Å². The third-order valence-corrected chi connectivity index (χ3v) is 4.97. The largest absolute Gasteiger partial charge is 0.355 e. The lowest BCUT2D eigenvalue weighted by Crippen LogP contribution is -2.47. The lowest BCUT2D eigenvalue weighted by Gasteiger charge is -2.30. The number of anilines is 1. The monoisotopic (exact) mass is 346 g/mol. The van der Waals surface area contributed by atoms with Gasteiger partial charge < -0.3 is 10.2 Å². The Kier molecular flexibility index (Phi) is 5.26. The van der Waals surface area contributed by atoms with Crippen LogP contribution in [0.25, 0.3) is 11.0 Å². The summed E-state index contributed by atoms with van der Waals surface area (Å²) in [7, 11) is 0. The molecule has 0 aromatic carbocycles. The van der Waals surface area contributed by atoms with E-state index in [0.29, 0.717) is 11.2 Å². The summed E-state index contributed by atoms with van der Waals surface area (Å²) in [4.78, 5) is 11.4. The van der Waals surface area contributed by atoms with Crippen LogP contribution in [0.5, 0.6) is 0 Å². The van der Waals surface area contributed by atoms with Crippen LogP contribution >= 0.6 is 11.6 Å². The highest BCUT2D eigenvalue weighted by Crippen LogP contribution is 2.24. The molecule has 1 atom stereocenters. The minimum absolute atomic E-state index is 0.203. The van der Waals surface area contributed by atoms with Gasteiger partial charge in [-0.15, -0.1) is 0 Å². The zero-order valence-corrected chi connectivity index (χ0v) is 15.6. The van der Waals surface area contributed by atoms with Crippen molar-refractivity contribution in [3.05, 3.63) is 29.4 Å². The highest BCUT2D eigenvalue weighted by atomic mass is 35.5. The Balaban J connectivity index is 1.66. The summed E-state index contributed by atoms with van der Waals surface area (Å²) in [6.07, 6.45) is 4.91. The highest BCUT2D eigenvalue weighted by molar-refractivity contribution is 6.29. The Bertz CT molecular complexity index is 701. The number of nitrogens with zero attached hydrogens (tertiary/aromatic N) is 3. The Morgan fingerprint density at radius 3 is 2.75 bits per heavy atom. The highest BCUT2D eigenvalue weighted by Gasteiger charge is 2.28. The second-order valence-electron chi connectivity index (χ2n) is 7.41. The molecule has 1 aliphatic rings. The number of hydrogen-bond acceptors (Lipinski definition) is 4. The van der Waals surface area contributed by atoms with Gasteiger partial charge in [0.25, 0.3) is 0 Å². The van der Waals surface area contributed by atoms with Crippen molar-refractivity contribution in [2.24, 2.45) is 0 Å². The van der Waals surface area contributed by atoms with Crippen molar-refractivity contribution in [1.82, 2.24) is 15.3 Å². The van der Waals surface area contributed by atoms with Gasteiger partial charge in [0.1, 0.15) is 11.0 Å². The number of halogens is 1. The molecule has 3 rings (SSSR count). The van der Waals surface area contributed by atoms with E-state index in [1.807, 2.05) is 12.1 Å². The first-order chi connectivity index (χ1) is 11.5. The molecule has 0 radical (unpaired) electrons. The molecule has 2 aromatic heterocycles. The van der Waals surface area contributed by atoms with Crippen LogP contribution in [0, 0.1) is 0 Å². The zero-order chi connectivity index (χ0) is 17.2. The summed E-state index contributed by atoms with van der Waals surface area (Å²) in [5.74, 6) is 1.03. The summed E-state index contributed by atoms with van der Waals surface area (Å²) in [6, 6.07) is 8.32. The van der Waals surface area contributed by atoms with Crippen LogP contribution in [0.4, 0.5) is 5.82 Å². The standard InChI is InChI=1S/C19H27ClN4/c1-4-5-11-19(2,3)23-14-10-12-24(13-14)18-9-7-15-16(22-18)6-8-17(20)21-15/h6-9,14,23H,4-5,10-13H2,1-3H3. The van der Waals surface area contributed by atoms with Gasteiger partial charge in [0.2, 0.25) is 0 Å². The first-order valence-corrected chi connectivity index (χ1v) is 9.30. The zero-order valence-electron chi connectivity index (χ0n) is 14.8. The van der Waals surface area contributed by atoms with Gasteiger partial charge in [-0.2, -0.15) is 0 Å². The fourth-order valence-corrected chi connectivity index (χ4v) is 3.63. The lowest BCUT2D eigenvalue weighted by atomic mass is 9.96. The predicted molar refractivity (Wildman–Crippen MR) is 102 cm³/mol. The summed E-state index contributed by atoms with van der Waals surface area (Å²) in [5.41, 5.74) is 1.95. The third-order valence-electron chi connectivity index (χ3n) is 4.76. The lowest BCUT2D eigenvalue weighted by molar-refractivity contribution is 0.315. The van der Waals surface area contributed by atoms with Crippen LogP contribution in [0.15, 0.2) is 24.3 Å². The number of pyridine rings is 2. The molecular weight excluding hydrogens is 320 g/mol. The third kappa shape index (κ3) is 4.17. The molecule has 1 N–H and O–H groups in total. The van der Waals surface area contributed by atoms with E-state index < -0.39 is 0 Å². The summed E-state index contributed by atoms with van der Waals surface area (Å²) in [6.45, 7) is 8.93. The Hall–Kier alpha value is -1.39. The van der Waals surface area contributed by atoms with E-state index in [1.54, 1.807) is 6.07 Å². The van der Waals surface area contributed by atoms with Crippen LogP contribution < -0.4 is 10.2 Å². The molecule has 0 aliphatic carbocycles. The quantitative estimate of drug-likeness (QED) is 0.786. The number of fused-ring (bicyclic) bond motifs is 1. The molecule has 1 saturated heterocycles. The van der Waals surface area contributed by atoms with Gasteiger partial charge in [0, 0.05) is 24.7 Å². The fourth-order valence-electron chi connectivity index (χ4n) is 3.48. The molecule has 1 unspecified atom stereocenters. The second kappa shape index (κ2) is 7.24. The molecule has 24 heavy (non-hydrogen) atoms. The molecule has 2 aromatic rings. The first-order valence-electron chi connectivity index (χ1n) is 8.93. The number of aromatic nitrogens is 2. The van der Waals surface area contributed by atoms with E-state index in [4.69, 9.17) is 16.6 Å². The van der Waals surface area contributed by atoms with Crippen molar-refractivity contribution in [3.63, 3.8) is 0 Å². The molecule has 3 heterocycles. The molecule has 4 nitrogen and oxygen atoms in total. The van der Waals surface area contributed by atoms with Crippen molar-refractivity contribution >= 4 is 28.5 Å². The van der Waals surface area contributed by atoms with Gasteiger partial charge in [-0.05, 0) is 51.0 Å². The van der Waals surface area contributed by atoms with Crippen molar-refractivity contribution < 1.29 is 0 Å². The van der Waals surface area contributed by atoms with Crippen molar-refractivity contribution in [3.8, 4) is 0 Å². The molecule has 0 spiro atoms. The predicted octanol–water partition coefficient (Wildman–Crippen LogP) is 4.42. The second-order valence-corrected chi connectivity index (χ2v) is 7.79. The van der Waals surface area contributed by atoms with Gasteiger partial charge in [0.15, 0.2) is 0 Å². The van der Waals surface area contributed by atoms with Gasteiger partial charge in [-0.25, -0.2) is 9.97 Å². The van der Waals surface area contributed by atoms with Gasteiger partial charge in [-0.3, -0.25) is 0 Å². The number of unbranched alkanes of at least 4 members (excludes halogenated alkanes) is 1. The van der Waals surface area contributed by atoms with Crippen molar-refractivity contribution in [1.29, 1.82) is 0 Å². The summed E-state index contributed by atoms with van der Waals surface area (Å²) < 4.78 is 0. The first kappa shape index (κ1) is 17.4. The molecule has 5 heteroatoms. The van der Waals surface area contributed by atoms with E-state index in [9.17, 15) is 0 Å². The maximum absolute atomic E-state index is 5.94. The SMILES string of the molecule is CCCCC(C)(C)NC1CCN(c2ccc3nc(Cl)ccc3n2)C1. The van der Waals surface area contributed by atoms with Gasteiger partial charge in [0.05, 0.1) is 11.0 Å².